The number of carbonyl (C=O) groups is 3. The lowest BCUT2D eigenvalue weighted by molar-refractivity contribution is -0.132. The van der Waals surface area contributed by atoms with Crippen molar-refractivity contribution in [1.82, 2.24) is 9.80 Å². The first-order valence-electron chi connectivity index (χ1n) is 8.76. The predicted molar refractivity (Wildman–Crippen MR) is 98.8 cm³/mol. The van der Waals surface area contributed by atoms with E-state index in [4.69, 9.17) is 4.74 Å². The van der Waals surface area contributed by atoms with E-state index >= 15 is 0 Å². The quantitative estimate of drug-likeness (QED) is 0.896. The summed E-state index contributed by atoms with van der Waals surface area (Å²) in [5.41, 5.74) is 1.08. The van der Waals surface area contributed by atoms with Crippen molar-refractivity contribution in [2.75, 3.05) is 31.5 Å². The summed E-state index contributed by atoms with van der Waals surface area (Å²) in [5, 5.41) is 2.70. The van der Waals surface area contributed by atoms with Crippen molar-refractivity contribution >= 4 is 23.6 Å². The first-order valence-corrected chi connectivity index (χ1v) is 8.76. The Morgan fingerprint density at radius 3 is 2.04 bits per heavy atom. The fourth-order valence-electron chi connectivity index (χ4n) is 2.66. The summed E-state index contributed by atoms with van der Waals surface area (Å²) in [6, 6.07) is 7.23. The van der Waals surface area contributed by atoms with Crippen LogP contribution in [-0.2, 0) is 20.7 Å². The number of benzene rings is 1. The van der Waals surface area contributed by atoms with Crippen molar-refractivity contribution in [2.24, 2.45) is 0 Å². The van der Waals surface area contributed by atoms with Crippen LogP contribution in [0.1, 0.15) is 33.3 Å². The van der Waals surface area contributed by atoms with Crippen LogP contribution in [0.3, 0.4) is 0 Å². The molecule has 3 amide bonds. The Morgan fingerprint density at radius 1 is 1.00 bits per heavy atom. The number of rotatable bonds is 3. The number of hydrogen-bond acceptors (Lipinski definition) is 4. The third-order valence-corrected chi connectivity index (χ3v) is 3.91. The van der Waals surface area contributed by atoms with Crippen LogP contribution >= 0.6 is 0 Å². The molecule has 7 heteroatoms. The van der Waals surface area contributed by atoms with Crippen molar-refractivity contribution in [3.8, 4) is 0 Å². The zero-order valence-corrected chi connectivity index (χ0v) is 15.9. The second kappa shape index (κ2) is 8.21. The van der Waals surface area contributed by atoms with Gasteiger partial charge in [0.05, 0.1) is 6.42 Å². The predicted octanol–water partition coefficient (Wildman–Crippen LogP) is 2.27. The highest BCUT2D eigenvalue weighted by atomic mass is 16.6. The summed E-state index contributed by atoms with van der Waals surface area (Å²) in [7, 11) is 0. The van der Waals surface area contributed by atoms with Crippen LogP contribution in [0.2, 0.25) is 0 Å². The number of piperazine rings is 1. The Morgan fingerprint density at radius 2 is 1.54 bits per heavy atom. The smallest absolute Gasteiger partial charge is 0.410 e. The minimum Gasteiger partial charge on any atom is -0.444 e. The molecule has 1 aliphatic heterocycles. The molecular formula is C19H27N3O4. The lowest BCUT2D eigenvalue weighted by atomic mass is 10.1. The Kier molecular flexibility index (Phi) is 6.23. The molecule has 0 bridgehead atoms. The third kappa shape index (κ3) is 6.06. The fourth-order valence-corrected chi connectivity index (χ4v) is 2.66. The number of amides is 3. The second-order valence-corrected chi connectivity index (χ2v) is 7.40. The molecule has 1 aliphatic rings. The van der Waals surface area contributed by atoms with E-state index < -0.39 is 5.60 Å². The molecule has 0 aromatic heterocycles. The number of hydrogen-bond donors (Lipinski definition) is 1. The standard InChI is InChI=1S/C19H27N3O4/c1-14(23)20-16-7-5-15(6-8-16)13-17(24)21-9-11-22(12-10-21)18(25)26-19(2,3)4/h5-8H,9-13H2,1-4H3,(H,20,23). The van der Waals surface area contributed by atoms with Gasteiger partial charge < -0.3 is 19.9 Å². The molecule has 0 spiro atoms. The SMILES string of the molecule is CC(=O)Nc1ccc(CC(=O)N2CCN(C(=O)OC(C)(C)C)CC2)cc1. The van der Waals surface area contributed by atoms with E-state index in [1.54, 1.807) is 21.9 Å². The first kappa shape index (κ1) is 19.8. The molecule has 0 atom stereocenters. The molecule has 0 radical (unpaired) electrons. The molecular weight excluding hydrogens is 334 g/mol. The molecule has 142 valence electrons. The van der Waals surface area contributed by atoms with Crippen LogP contribution in [0, 0.1) is 0 Å². The molecule has 1 saturated heterocycles. The Bertz CT molecular complexity index is 656. The molecule has 0 saturated carbocycles. The highest BCUT2D eigenvalue weighted by Gasteiger charge is 2.27. The van der Waals surface area contributed by atoms with E-state index in [-0.39, 0.29) is 17.9 Å². The average molecular weight is 361 g/mol. The van der Waals surface area contributed by atoms with Gasteiger partial charge >= 0.3 is 6.09 Å². The van der Waals surface area contributed by atoms with Gasteiger partial charge in [-0.3, -0.25) is 9.59 Å². The maximum absolute atomic E-state index is 12.5. The van der Waals surface area contributed by atoms with E-state index in [0.717, 1.165) is 5.56 Å². The lowest BCUT2D eigenvalue weighted by Gasteiger charge is -2.35. The van der Waals surface area contributed by atoms with Gasteiger partial charge in [0.15, 0.2) is 0 Å². The van der Waals surface area contributed by atoms with Gasteiger partial charge in [0.25, 0.3) is 0 Å². The minimum absolute atomic E-state index is 0.0288. The fraction of sp³-hybridized carbons (Fsp3) is 0.526. The Labute approximate surface area is 154 Å². The minimum atomic E-state index is -0.520. The summed E-state index contributed by atoms with van der Waals surface area (Å²) in [6.07, 6.45) is -0.0366. The number of carbonyl (C=O) groups excluding carboxylic acids is 3. The normalized spacial score (nSPS) is 14.8. The number of nitrogens with zero attached hydrogens (tertiary/aromatic N) is 2. The van der Waals surface area contributed by atoms with E-state index in [1.165, 1.54) is 6.92 Å². The molecule has 1 aromatic carbocycles. The summed E-state index contributed by atoms with van der Waals surface area (Å²) in [4.78, 5) is 38.9. The van der Waals surface area contributed by atoms with Gasteiger partial charge in [-0.15, -0.1) is 0 Å². The Hall–Kier alpha value is -2.57. The summed E-state index contributed by atoms with van der Waals surface area (Å²) in [6.45, 7) is 8.91. The molecule has 7 nitrogen and oxygen atoms in total. The number of anilines is 1. The molecule has 0 unspecified atom stereocenters. The van der Waals surface area contributed by atoms with Gasteiger partial charge in [-0.2, -0.15) is 0 Å². The van der Waals surface area contributed by atoms with Crippen molar-refractivity contribution in [2.45, 2.75) is 39.7 Å². The summed E-state index contributed by atoms with van der Waals surface area (Å²) in [5.74, 6) is -0.0993. The van der Waals surface area contributed by atoms with Crippen molar-refractivity contribution in [3.05, 3.63) is 29.8 Å². The number of ether oxygens (including phenoxy) is 1. The van der Waals surface area contributed by atoms with Crippen LogP contribution in [0.15, 0.2) is 24.3 Å². The van der Waals surface area contributed by atoms with Gasteiger partial charge in [0.2, 0.25) is 11.8 Å². The van der Waals surface area contributed by atoms with Gasteiger partial charge in [-0.1, -0.05) is 12.1 Å². The monoisotopic (exact) mass is 361 g/mol. The van der Waals surface area contributed by atoms with Crippen molar-refractivity contribution < 1.29 is 19.1 Å². The first-order chi connectivity index (χ1) is 12.1. The summed E-state index contributed by atoms with van der Waals surface area (Å²) >= 11 is 0. The van der Waals surface area contributed by atoms with Gasteiger partial charge in [0.1, 0.15) is 5.60 Å². The van der Waals surface area contributed by atoms with Crippen molar-refractivity contribution in [1.29, 1.82) is 0 Å². The molecule has 0 aliphatic carbocycles. The Balaban J connectivity index is 1.83. The van der Waals surface area contributed by atoms with Crippen LogP contribution in [-0.4, -0.2) is 59.5 Å². The van der Waals surface area contributed by atoms with E-state index in [2.05, 4.69) is 5.32 Å². The van der Waals surface area contributed by atoms with E-state index in [9.17, 15) is 14.4 Å². The molecule has 1 aromatic rings. The largest absolute Gasteiger partial charge is 0.444 e. The topological polar surface area (TPSA) is 79.0 Å². The summed E-state index contributed by atoms with van der Waals surface area (Å²) < 4.78 is 5.36. The number of nitrogens with one attached hydrogen (secondary N) is 1. The molecule has 1 heterocycles. The molecule has 1 N–H and O–H groups in total. The van der Waals surface area contributed by atoms with E-state index in [0.29, 0.717) is 38.3 Å². The molecule has 1 fully saturated rings. The molecule has 2 rings (SSSR count). The van der Waals surface area contributed by atoms with Crippen LogP contribution in [0.25, 0.3) is 0 Å². The third-order valence-electron chi connectivity index (χ3n) is 3.91. The lowest BCUT2D eigenvalue weighted by Crippen LogP contribution is -2.51. The zero-order chi connectivity index (χ0) is 19.3. The highest BCUT2D eigenvalue weighted by molar-refractivity contribution is 5.88. The van der Waals surface area contributed by atoms with Crippen molar-refractivity contribution in [3.63, 3.8) is 0 Å². The van der Waals surface area contributed by atoms with Crippen LogP contribution in [0.5, 0.6) is 0 Å². The van der Waals surface area contributed by atoms with Gasteiger partial charge in [0, 0.05) is 38.8 Å². The second-order valence-electron chi connectivity index (χ2n) is 7.40. The van der Waals surface area contributed by atoms with Crippen LogP contribution in [0.4, 0.5) is 10.5 Å². The van der Waals surface area contributed by atoms with Crippen LogP contribution < -0.4 is 5.32 Å². The van der Waals surface area contributed by atoms with Gasteiger partial charge in [-0.25, -0.2) is 4.79 Å². The van der Waals surface area contributed by atoms with Gasteiger partial charge in [-0.05, 0) is 38.5 Å². The maximum atomic E-state index is 12.5. The zero-order valence-electron chi connectivity index (χ0n) is 15.9. The highest BCUT2D eigenvalue weighted by Crippen LogP contribution is 2.14. The molecule has 26 heavy (non-hydrogen) atoms. The van der Waals surface area contributed by atoms with E-state index in [1.807, 2.05) is 32.9 Å². The maximum Gasteiger partial charge on any atom is 0.410 e. The average Bonchev–Trinajstić information content (AvgIpc) is 2.55.